The lowest BCUT2D eigenvalue weighted by Crippen LogP contribution is -2.20. The van der Waals surface area contributed by atoms with E-state index in [0.717, 1.165) is 5.56 Å². The molecule has 0 spiro atoms. The minimum atomic E-state index is -0.397. The molecule has 106 valence electrons. The standard InChI is InChI=1S/C16H16N4O/c1-11(18)12-6-8-14(9-7-12)19-16(21)20-15-5-3-2-4-13(15)10-17/h2-9,11H,18H2,1H3,(H2,19,20,21). The lowest BCUT2D eigenvalue weighted by Gasteiger charge is -2.10. The molecular formula is C16H16N4O. The zero-order valence-electron chi connectivity index (χ0n) is 11.6. The molecule has 1 atom stereocenters. The third kappa shape index (κ3) is 3.81. The molecule has 0 saturated carbocycles. The number of hydrogen-bond acceptors (Lipinski definition) is 3. The smallest absolute Gasteiger partial charge is 0.323 e. The Morgan fingerprint density at radius 2 is 1.81 bits per heavy atom. The van der Waals surface area contributed by atoms with Crippen LogP contribution >= 0.6 is 0 Å². The van der Waals surface area contributed by atoms with Gasteiger partial charge in [0.05, 0.1) is 11.3 Å². The first-order valence-corrected chi connectivity index (χ1v) is 6.53. The molecule has 0 saturated heterocycles. The molecule has 0 aromatic heterocycles. The summed E-state index contributed by atoms with van der Waals surface area (Å²) in [6.07, 6.45) is 0. The molecule has 0 radical (unpaired) electrons. The number of carbonyl (C=O) groups excluding carboxylic acids is 1. The Labute approximate surface area is 123 Å². The molecule has 0 aliphatic carbocycles. The van der Waals surface area contributed by atoms with Crippen LogP contribution in [-0.4, -0.2) is 6.03 Å². The number of para-hydroxylation sites is 1. The monoisotopic (exact) mass is 280 g/mol. The number of carbonyl (C=O) groups is 1. The van der Waals surface area contributed by atoms with E-state index >= 15 is 0 Å². The fraction of sp³-hybridized carbons (Fsp3) is 0.125. The molecule has 4 N–H and O–H groups in total. The van der Waals surface area contributed by atoms with Crippen molar-refractivity contribution < 1.29 is 4.79 Å². The lowest BCUT2D eigenvalue weighted by molar-refractivity contribution is 0.262. The van der Waals surface area contributed by atoms with Gasteiger partial charge in [-0.15, -0.1) is 0 Å². The lowest BCUT2D eigenvalue weighted by atomic mass is 10.1. The van der Waals surface area contributed by atoms with Gasteiger partial charge in [-0.05, 0) is 36.8 Å². The number of urea groups is 1. The molecule has 0 aliphatic heterocycles. The van der Waals surface area contributed by atoms with E-state index in [1.165, 1.54) is 0 Å². The number of amides is 2. The van der Waals surface area contributed by atoms with Crippen molar-refractivity contribution in [3.63, 3.8) is 0 Å². The topological polar surface area (TPSA) is 90.9 Å². The first-order chi connectivity index (χ1) is 10.1. The molecule has 0 heterocycles. The summed E-state index contributed by atoms with van der Waals surface area (Å²) in [5.74, 6) is 0. The van der Waals surface area contributed by atoms with Gasteiger partial charge in [-0.25, -0.2) is 4.79 Å². The number of nitrogens with one attached hydrogen (secondary N) is 2. The number of nitrogens with zero attached hydrogens (tertiary/aromatic N) is 1. The van der Waals surface area contributed by atoms with E-state index in [1.807, 2.05) is 25.1 Å². The zero-order chi connectivity index (χ0) is 15.2. The maximum atomic E-state index is 11.9. The minimum Gasteiger partial charge on any atom is -0.324 e. The largest absolute Gasteiger partial charge is 0.324 e. The number of nitrogens with two attached hydrogens (primary N) is 1. The van der Waals surface area contributed by atoms with Crippen molar-refractivity contribution >= 4 is 17.4 Å². The van der Waals surface area contributed by atoms with Gasteiger partial charge in [0, 0.05) is 11.7 Å². The number of anilines is 2. The molecule has 1 unspecified atom stereocenters. The van der Waals surface area contributed by atoms with Crippen molar-refractivity contribution in [1.82, 2.24) is 0 Å². The van der Waals surface area contributed by atoms with Gasteiger partial charge in [0.1, 0.15) is 6.07 Å². The van der Waals surface area contributed by atoms with Crippen molar-refractivity contribution in [2.75, 3.05) is 10.6 Å². The second-order valence-electron chi connectivity index (χ2n) is 4.65. The van der Waals surface area contributed by atoms with Crippen LogP contribution in [0, 0.1) is 11.3 Å². The molecule has 2 rings (SSSR count). The van der Waals surface area contributed by atoms with Crippen LogP contribution in [-0.2, 0) is 0 Å². The second-order valence-corrected chi connectivity index (χ2v) is 4.65. The molecule has 2 amide bonds. The van der Waals surface area contributed by atoms with Crippen molar-refractivity contribution in [2.45, 2.75) is 13.0 Å². The summed E-state index contributed by atoms with van der Waals surface area (Å²) in [6.45, 7) is 1.90. The highest BCUT2D eigenvalue weighted by molar-refractivity contribution is 6.00. The molecule has 5 heteroatoms. The molecule has 5 nitrogen and oxygen atoms in total. The number of rotatable bonds is 3. The summed E-state index contributed by atoms with van der Waals surface area (Å²) in [5, 5.41) is 14.3. The molecule has 2 aromatic rings. The number of benzene rings is 2. The van der Waals surface area contributed by atoms with Crippen LogP contribution in [0.5, 0.6) is 0 Å². The van der Waals surface area contributed by atoms with Crippen LogP contribution in [0.25, 0.3) is 0 Å². The molecular weight excluding hydrogens is 264 g/mol. The van der Waals surface area contributed by atoms with Gasteiger partial charge in [-0.1, -0.05) is 24.3 Å². The van der Waals surface area contributed by atoms with Crippen LogP contribution < -0.4 is 16.4 Å². The highest BCUT2D eigenvalue weighted by Gasteiger charge is 2.06. The van der Waals surface area contributed by atoms with Crippen molar-refractivity contribution in [3.05, 3.63) is 59.7 Å². The van der Waals surface area contributed by atoms with Gasteiger partial charge in [-0.3, -0.25) is 0 Å². The third-order valence-corrected chi connectivity index (χ3v) is 2.99. The zero-order valence-corrected chi connectivity index (χ0v) is 11.6. The highest BCUT2D eigenvalue weighted by Crippen LogP contribution is 2.16. The summed E-state index contributed by atoms with van der Waals surface area (Å²) in [6, 6.07) is 15.7. The molecule has 0 fully saturated rings. The number of nitriles is 1. The van der Waals surface area contributed by atoms with Crippen molar-refractivity contribution in [1.29, 1.82) is 5.26 Å². The summed E-state index contributed by atoms with van der Waals surface area (Å²) in [7, 11) is 0. The minimum absolute atomic E-state index is 0.0459. The Kier molecular flexibility index (Phi) is 4.54. The third-order valence-electron chi connectivity index (χ3n) is 2.99. The molecule has 0 bridgehead atoms. The van der Waals surface area contributed by atoms with Gasteiger partial charge in [0.2, 0.25) is 0 Å². The predicted octanol–water partition coefficient (Wildman–Crippen LogP) is 3.22. The van der Waals surface area contributed by atoms with Crippen molar-refractivity contribution in [3.8, 4) is 6.07 Å². The van der Waals surface area contributed by atoms with Crippen LogP contribution in [0.15, 0.2) is 48.5 Å². The van der Waals surface area contributed by atoms with E-state index in [2.05, 4.69) is 10.6 Å². The van der Waals surface area contributed by atoms with Gasteiger partial charge in [-0.2, -0.15) is 5.26 Å². The van der Waals surface area contributed by atoms with E-state index in [9.17, 15) is 4.79 Å². The van der Waals surface area contributed by atoms with E-state index in [4.69, 9.17) is 11.0 Å². The van der Waals surface area contributed by atoms with Crippen LogP contribution in [0.1, 0.15) is 24.1 Å². The van der Waals surface area contributed by atoms with Crippen LogP contribution in [0.4, 0.5) is 16.2 Å². The van der Waals surface area contributed by atoms with Crippen molar-refractivity contribution in [2.24, 2.45) is 5.73 Å². The van der Waals surface area contributed by atoms with E-state index in [0.29, 0.717) is 16.9 Å². The summed E-state index contributed by atoms with van der Waals surface area (Å²) < 4.78 is 0. The van der Waals surface area contributed by atoms with E-state index in [-0.39, 0.29) is 6.04 Å². The normalized spacial score (nSPS) is 11.3. The quantitative estimate of drug-likeness (QED) is 0.806. The average molecular weight is 280 g/mol. The van der Waals surface area contributed by atoms with Crippen LogP contribution in [0.3, 0.4) is 0 Å². The Morgan fingerprint density at radius 3 is 2.43 bits per heavy atom. The maximum absolute atomic E-state index is 11.9. The van der Waals surface area contributed by atoms with Gasteiger partial charge in [0.15, 0.2) is 0 Å². The van der Waals surface area contributed by atoms with Crippen LogP contribution in [0.2, 0.25) is 0 Å². The SMILES string of the molecule is CC(N)c1ccc(NC(=O)Nc2ccccc2C#N)cc1. The maximum Gasteiger partial charge on any atom is 0.323 e. The number of hydrogen-bond donors (Lipinski definition) is 3. The van der Waals surface area contributed by atoms with E-state index < -0.39 is 6.03 Å². The summed E-state index contributed by atoms with van der Waals surface area (Å²) in [5.41, 5.74) is 8.32. The first kappa shape index (κ1) is 14.6. The Balaban J connectivity index is 2.03. The Morgan fingerprint density at radius 1 is 1.14 bits per heavy atom. The van der Waals surface area contributed by atoms with E-state index in [1.54, 1.807) is 36.4 Å². The fourth-order valence-electron chi connectivity index (χ4n) is 1.84. The molecule has 2 aromatic carbocycles. The average Bonchev–Trinajstić information content (AvgIpc) is 2.48. The molecule has 21 heavy (non-hydrogen) atoms. The molecule has 0 aliphatic rings. The fourth-order valence-corrected chi connectivity index (χ4v) is 1.84. The summed E-state index contributed by atoms with van der Waals surface area (Å²) in [4.78, 5) is 11.9. The van der Waals surface area contributed by atoms with Gasteiger partial charge in [0.25, 0.3) is 0 Å². The summed E-state index contributed by atoms with van der Waals surface area (Å²) >= 11 is 0. The van der Waals surface area contributed by atoms with Gasteiger partial charge >= 0.3 is 6.03 Å². The predicted molar refractivity (Wildman–Crippen MR) is 82.8 cm³/mol. The van der Waals surface area contributed by atoms with Gasteiger partial charge < -0.3 is 16.4 Å². The Hall–Kier alpha value is -2.84. The highest BCUT2D eigenvalue weighted by atomic mass is 16.2. The Bertz CT molecular complexity index is 671. The second kappa shape index (κ2) is 6.55. The first-order valence-electron chi connectivity index (χ1n) is 6.53.